The molecule has 5 nitrogen and oxygen atoms in total. The normalized spacial score (nSPS) is 11.1. The molecule has 0 bridgehead atoms. The van der Waals surface area contributed by atoms with Crippen LogP contribution in [0, 0.1) is 0 Å². The van der Waals surface area contributed by atoms with Gasteiger partial charge >= 0.3 is 0 Å². The fourth-order valence-electron chi connectivity index (χ4n) is 2.74. The standard InChI is InChI=1S/C22H20BrNO4S/c1-2-17-12-14-18(15-13-17)24(29(26,27)19-8-4-3-5-9-19)22(25)16-28-21-11-7-6-10-20(21)23/h3-15H,2,16H2,1H3. The van der Waals surface area contributed by atoms with Crippen molar-refractivity contribution in [3.8, 4) is 5.75 Å². The number of ether oxygens (including phenoxy) is 1. The Kier molecular flexibility index (Phi) is 6.71. The molecule has 3 aromatic carbocycles. The molecular formula is C22H20BrNO4S. The molecule has 0 aliphatic carbocycles. The number of rotatable bonds is 7. The summed E-state index contributed by atoms with van der Waals surface area (Å²) in [4.78, 5) is 13.0. The first kappa shape index (κ1) is 21.1. The number of carbonyl (C=O) groups excluding carboxylic acids is 1. The van der Waals surface area contributed by atoms with Gasteiger partial charge in [-0.1, -0.05) is 49.4 Å². The zero-order chi connectivity index (χ0) is 20.9. The van der Waals surface area contributed by atoms with Gasteiger partial charge in [0.2, 0.25) is 0 Å². The average Bonchev–Trinajstić information content (AvgIpc) is 2.74. The van der Waals surface area contributed by atoms with E-state index in [2.05, 4.69) is 15.9 Å². The predicted octanol–water partition coefficient (Wildman–Crippen LogP) is 4.81. The first-order valence-electron chi connectivity index (χ1n) is 9.03. The fourth-order valence-corrected chi connectivity index (χ4v) is 4.57. The van der Waals surface area contributed by atoms with E-state index in [9.17, 15) is 13.2 Å². The van der Waals surface area contributed by atoms with Crippen LogP contribution in [0.25, 0.3) is 0 Å². The van der Waals surface area contributed by atoms with Gasteiger partial charge in [0.1, 0.15) is 5.75 Å². The van der Waals surface area contributed by atoms with Crippen LogP contribution in [0.5, 0.6) is 5.75 Å². The predicted molar refractivity (Wildman–Crippen MR) is 117 cm³/mol. The molecule has 0 heterocycles. The summed E-state index contributed by atoms with van der Waals surface area (Å²) in [7, 11) is -4.10. The molecule has 0 saturated carbocycles. The summed E-state index contributed by atoms with van der Waals surface area (Å²) < 4.78 is 33.6. The van der Waals surface area contributed by atoms with Crippen molar-refractivity contribution < 1.29 is 17.9 Å². The van der Waals surface area contributed by atoms with Gasteiger partial charge in [-0.15, -0.1) is 0 Å². The highest BCUT2D eigenvalue weighted by molar-refractivity contribution is 9.10. The van der Waals surface area contributed by atoms with Crippen molar-refractivity contribution in [2.24, 2.45) is 0 Å². The van der Waals surface area contributed by atoms with Crippen molar-refractivity contribution in [2.45, 2.75) is 18.2 Å². The summed E-state index contributed by atoms with van der Waals surface area (Å²) >= 11 is 3.35. The van der Waals surface area contributed by atoms with E-state index in [0.29, 0.717) is 10.2 Å². The molecule has 29 heavy (non-hydrogen) atoms. The van der Waals surface area contributed by atoms with Crippen molar-refractivity contribution in [3.63, 3.8) is 0 Å². The van der Waals surface area contributed by atoms with Gasteiger partial charge in [0.25, 0.3) is 15.9 Å². The third-order valence-corrected chi connectivity index (χ3v) is 6.69. The average molecular weight is 474 g/mol. The van der Waals surface area contributed by atoms with E-state index in [1.54, 1.807) is 48.5 Å². The Morgan fingerprint density at radius 1 is 0.931 bits per heavy atom. The number of amides is 1. The molecule has 0 fully saturated rings. The molecule has 0 spiro atoms. The van der Waals surface area contributed by atoms with Crippen LogP contribution in [0.4, 0.5) is 5.69 Å². The molecule has 0 atom stereocenters. The molecule has 3 rings (SSSR count). The maximum Gasteiger partial charge on any atom is 0.278 e. The van der Waals surface area contributed by atoms with Crippen LogP contribution in [-0.2, 0) is 21.2 Å². The number of nitrogens with zero attached hydrogens (tertiary/aromatic N) is 1. The van der Waals surface area contributed by atoms with Crippen LogP contribution in [0.2, 0.25) is 0 Å². The van der Waals surface area contributed by atoms with Gasteiger partial charge in [-0.2, -0.15) is 4.31 Å². The molecule has 0 saturated heterocycles. The molecule has 0 aliphatic rings. The Balaban J connectivity index is 1.95. The van der Waals surface area contributed by atoms with Crippen molar-refractivity contribution in [1.82, 2.24) is 0 Å². The summed E-state index contributed by atoms with van der Waals surface area (Å²) in [6.45, 7) is 1.58. The number of hydrogen-bond acceptors (Lipinski definition) is 4. The zero-order valence-electron chi connectivity index (χ0n) is 15.8. The fraction of sp³-hybridized carbons (Fsp3) is 0.136. The van der Waals surface area contributed by atoms with Gasteiger partial charge in [0.05, 0.1) is 15.1 Å². The number of benzene rings is 3. The smallest absolute Gasteiger partial charge is 0.278 e. The summed E-state index contributed by atoms with van der Waals surface area (Å²) in [6.07, 6.45) is 0.810. The highest BCUT2D eigenvalue weighted by Crippen LogP contribution is 2.27. The Morgan fingerprint density at radius 2 is 1.55 bits per heavy atom. The molecule has 0 aliphatic heterocycles. The quantitative estimate of drug-likeness (QED) is 0.493. The lowest BCUT2D eigenvalue weighted by Crippen LogP contribution is -2.40. The first-order chi connectivity index (χ1) is 13.9. The topological polar surface area (TPSA) is 63.7 Å². The molecule has 3 aromatic rings. The van der Waals surface area contributed by atoms with E-state index in [0.717, 1.165) is 16.3 Å². The van der Waals surface area contributed by atoms with Crippen LogP contribution < -0.4 is 9.04 Å². The molecule has 7 heteroatoms. The molecule has 0 radical (unpaired) electrons. The van der Waals surface area contributed by atoms with Crippen LogP contribution in [-0.4, -0.2) is 20.9 Å². The monoisotopic (exact) mass is 473 g/mol. The van der Waals surface area contributed by atoms with Gasteiger partial charge in [0.15, 0.2) is 6.61 Å². The number of anilines is 1. The summed E-state index contributed by atoms with van der Waals surface area (Å²) in [6, 6.07) is 21.8. The second kappa shape index (κ2) is 9.24. The largest absolute Gasteiger partial charge is 0.483 e. The van der Waals surface area contributed by atoms with Gasteiger partial charge in [-0.05, 0) is 64.3 Å². The highest BCUT2D eigenvalue weighted by atomic mass is 79.9. The van der Waals surface area contributed by atoms with E-state index < -0.39 is 22.5 Å². The molecule has 150 valence electrons. The van der Waals surface area contributed by atoms with Crippen molar-refractivity contribution in [3.05, 3.63) is 88.9 Å². The third kappa shape index (κ3) is 4.86. The number of para-hydroxylation sites is 1. The van der Waals surface area contributed by atoms with Crippen molar-refractivity contribution >= 4 is 37.5 Å². The maximum atomic E-state index is 13.2. The van der Waals surface area contributed by atoms with E-state index in [-0.39, 0.29) is 10.6 Å². The summed E-state index contributed by atoms with van der Waals surface area (Å²) in [5.41, 5.74) is 1.31. The van der Waals surface area contributed by atoms with Crippen molar-refractivity contribution in [2.75, 3.05) is 10.9 Å². The van der Waals surface area contributed by atoms with Gasteiger partial charge < -0.3 is 4.74 Å². The molecule has 0 N–H and O–H groups in total. The lowest BCUT2D eigenvalue weighted by Gasteiger charge is -2.23. The SMILES string of the molecule is CCc1ccc(N(C(=O)COc2ccccc2Br)S(=O)(=O)c2ccccc2)cc1. The second-order valence-corrected chi connectivity index (χ2v) is 8.86. The Morgan fingerprint density at radius 3 is 2.17 bits per heavy atom. The van der Waals surface area contributed by atoms with E-state index in [1.807, 2.05) is 25.1 Å². The Bertz CT molecular complexity index is 1080. The highest BCUT2D eigenvalue weighted by Gasteiger charge is 2.31. The minimum absolute atomic E-state index is 0.0359. The van der Waals surface area contributed by atoms with E-state index in [4.69, 9.17) is 4.74 Å². The molecule has 0 unspecified atom stereocenters. The summed E-state index contributed by atoms with van der Waals surface area (Å²) in [5, 5.41) is 0. The van der Waals surface area contributed by atoms with Gasteiger partial charge in [-0.3, -0.25) is 4.79 Å². The number of carbonyl (C=O) groups is 1. The minimum Gasteiger partial charge on any atom is -0.483 e. The van der Waals surface area contributed by atoms with Crippen LogP contribution in [0.15, 0.2) is 88.2 Å². The minimum atomic E-state index is -4.10. The molecule has 0 aromatic heterocycles. The third-order valence-electron chi connectivity index (χ3n) is 4.27. The number of halogens is 1. The first-order valence-corrected chi connectivity index (χ1v) is 11.3. The number of aryl methyl sites for hydroxylation is 1. The van der Waals surface area contributed by atoms with Crippen LogP contribution >= 0.6 is 15.9 Å². The molecular weight excluding hydrogens is 454 g/mol. The second-order valence-electron chi connectivity index (χ2n) is 6.22. The number of sulfonamides is 1. The maximum absolute atomic E-state index is 13.2. The Labute approximate surface area is 179 Å². The van der Waals surface area contributed by atoms with Crippen LogP contribution in [0.1, 0.15) is 12.5 Å². The molecule has 1 amide bonds. The lowest BCUT2D eigenvalue weighted by atomic mass is 10.1. The van der Waals surface area contributed by atoms with Crippen LogP contribution in [0.3, 0.4) is 0 Å². The van der Waals surface area contributed by atoms with Crippen molar-refractivity contribution in [1.29, 1.82) is 0 Å². The van der Waals surface area contributed by atoms with E-state index in [1.165, 1.54) is 12.1 Å². The van der Waals surface area contributed by atoms with Gasteiger partial charge in [-0.25, -0.2) is 8.42 Å². The van der Waals surface area contributed by atoms with Gasteiger partial charge in [0, 0.05) is 0 Å². The van der Waals surface area contributed by atoms with E-state index >= 15 is 0 Å². The number of hydrogen-bond donors (Lipinski definition) is 0. The lowest BCUT2D eigenvalue weighted by molar-refractivity contribution is -0.119. The zero-order valence-corrected chi connectivity index (χ0v) is 18.2. The Hall–Kier alpha value is -2.64. The summed E-state index contributed by atoms with van der Waals surface area (Å²) in [5.74, 6) is -0.229.